The van der Waals surface area contributed by atoms with E-state index in [9.17, 15) is 4.79 Å². The zero-order chi connectivity index (χ0) is 16.4. The van der Waals surface area contributed by atoms with Crippen molar-refractivity contribution in [3.05, 3.63) is 41.1 Å². The van der Waals surface area contributed by atoms with Crippen LogP contribution in [0.15, 0.2) is 24.4 Å². The molecule has 0 fully saturated rings. The molecule has 1 amide bonds. The van der Waals surface area contributed by atoms with Crippen LogP contribution in [0.2, 0.25) is 0 Å². The van der Waals surface area contributed by atoms with E-state index in [2.05, 4.69) is 32.0 Å². The summed E-state index contributed by atoms with van der Waals surface area (Å²) in [6.07, 6.45) is 2.71. The summed E-state index contributed by atoms with van der Waals surface area (Å²) in [7, 11) is 3.57. The quantitative estimate of drug-likeness (QED) is 0.866. The van der Waals surface area contributed by atoms with E-state index in [4.69, 9.17) is 5.10 Å². The Morgan fingerprint density at radius 1 is 1.23 bits per heavy atom. The minimum atomic E-state index is -0.243. The molecule has 0 saturated carbocycles. The first-order valence-electron chi connectivity index (χ1n) is 7.69. The van der Waals surface area contributed by atoms with Crippen molar-refractivity contribution in [1.29, 1.82) is 0 Å². The summed E-state index contributed by atoms with van der Waals surface area (Å²) in [5, 5.41) is 4.73. The summed E-state index contributed by atoms with van der Waals surface area (Å²) in [5.74, 6) is 0.0810. The van der Waals surface area contributed by atoms with Crippen LogP contribution < -0.4 is 0 Å². The molecule has 1 aromatic heterocycles. The van der Waals surface area contributed by atoms with Gasteiger partial charge in [0.15, 0.2) is 0 Å². The molecule has 2 rings (SSSR count). The molecular weight excluding hydrogens is 274 g/mol. The van der Waals surface area contributed by atoms with Crippen LogP contribution in [0.3, 0.4) is 0 Å². The van der Waals surface area contributed by atoms with Gasteiger partial charge in [-0.05, 0) is 44.4 Å². The van der Waals surface area contributed by atoms with Crippen LogP contribution in [0.25, 0.3) is 11.3 Å². The number of carbonyl (C=O) groups excluding carboxylic acids is 1. The molecule has 1 unspecified atom stereocenters. The van der Waals surface area contributed by atoms with E-state index in [1.165, 1.54) is 11.1 Å². The molecule has 0 spiro atoms. The second-order valence-electron chi connectivity index (χ2n) is 6.12. The van der Waals surface area contributed by atoms with Crippen molar-refractivity contribution >= 4 is 5.91 Å². The number of aromatic nitrogens is 2. The monoisotopic (exact) mass is 299 g/mol. The molecule has 0 N–H and O–H groups in total. The summed E-state index contributed by atoms with van der Waals surface area (Å²) in [4.78, 5) is 13.9. The first-order valence-corrected chi connectivity index (χ1v) is 7.69. The molecular formula is C18H25N3O. The highest BCUT2D eigenvalue weighted by molar-refractivity contribution is 5.80. The zero-order valence-corrected chi connectivity index (χ0v) is 14.3. The Bertz CT molecular complexity index is 686. The molecule has 0 aliphatic carbocycles. The van der Waals surface area contributed by atoms with Gasteiger partial charge in [0.05, 0.1) is 5.69 Å². The number of carbonyl (C=O) groups is 1. The fourth-order valence-corrected chi connectivity index (χ4v) is 2.67. The van der Waals surface area contributed by atoms with Crippen molar-refractivity contribution in [2.45, 2.75) is 40.2 Å². The lowest BCUT2D eigenvalue weighted by atomic mass is 10.0. The van der Waals surface area contributed by atoms with Gasteiger partial charge in [0.2, 0.25) is 5.91 Å². The Morgan fingerprint density at radius 2 is 1.91 bits per heavy atom. The SMILES string of the molecule is CCC(C(=O)N(C)C)n1cc(C)c(-c2cc(C)ccc2C)n1. The Hall–Kier alpha value is -2.10. The molecule has 22 heavy (non-hydrogen) atoms. The van der Waals surface area contributed by atoms with E-state index >= 15 is 0 Å². The lowest BCUT2D eigenvalue weighted by Gasteiger charge is -2.19. The largest absolute Gasteiger partial charge is 0.347 e. The lowest BCUT2D eigenvalue weighted by Crippen LogP contribution is -2.31. The van der Waals surface area contributed by atoms with Crippen molar-refractivity contribution < 1.29 is 4.79 Å². The first kappa shape index (κ1) is 16.3. The lowest BCUT2D eigenvalue weighted by molar-refractivity contribution is -0.132. The van der Waals surface area contributed by atoms with Gasteiger partial charge in [-0.25, -0.2) is 0 Å². The average Bonchev–Trinajstić information content (AvgIpc) is 2.83. The van der Waals surface area contributed by atoms with E-state index < -0.39 is 0 Å². The van der Waals surface area contributed by atoms with Crippen LogP contribution >= 0.6 is 0 Å². The second kappa shape index (κ2) is 6.34. The van der Waals surface area contributed by atoms with Crippen molar-refractivity contribution in [3.63, 3.8) is 0 Å². The third-order valence-corrected chi connectivity index (χ3v) is 3.99. The van der Waals surface area contributed by atoms with E-state index in [1.54, 1.807) is 19.0 Å². The molecule has 4 nitrogen and oxygen atoms in total. The Morgan fingerprint density at radius 3 is 2.50 bits per heavy atom. The van der Waals surface area contributed by atoms with Crippen LogP contribution in [0.4, 0.5) is 0 Å². The van der Waals surface area contributed by atoms with Gasteiger partial charge in [-0.1, -0.05) is 24.6 Å². The van der Waals surface area contributed by atoms with Crippen LogP contribution in [0, 0.1) is 20.8 Å². The summed E-state index contributed by atoms with van der Waals surface area (Å²) in [6.45, 7) is 8.24. The van der Waals surface area contributed by atoms with Gasteiger partial charge in [0.25, 0.3) is 0 Å². The molecule has 0 aliphatic rings. The molecule has 4 heteroatoms. The van der Waals surface area contributed by atoms with E-state index in [0.29, 0.717) is 0 Å². The fourth-order valence-electron chi connectivity index (χ4n) is 2.67. The maximum Gasteiger partial charge on any atom is 0.246 e. The predicted molar refractivity (Wildman–Crippen MR) is 89.9 cm³/mol. The number of benzene rings is 1. The smallest absolute Gasteiger partial charge is 0.246 e. The molecule has 0 aliphatic heterocycles. The summed E-state index contributed by atoms with van der Waals surface area (Å²) in [6, 6.07) is 6.14. The van der Waals surface area contributed by atoms with Crippen molar-refractivity contribution in [3.8, 4) is 11.3 Å². The van der Waals surface area contributed by atoms with Gasteiger partial charge in [0.1, 0.15) is 6.04 Å². The highest BCUT2D eigenvalue weighted by atomic mass is 16.2. The normalized spacial score (nSPS) is 12.3. The number of hydrogen-bond donors (Lipinski definition) is 0. The number of nitrogens with zero attached hydrogens (tertiary/aromatic N) is 3. The van der Waals surface area contributed by atoms with Crippen molar-refractivity contribution in [1.82, 2.24) is 14.7 Å². The third kappa shape index (κ3) is 3.06. The van der Waals surface area contributed by atoms with Gasteiger partial charge < -0.3 is 4.90 Å². The topological polar surface area (TPSA) is 38.1 Å². The predicted octanol–water partition coefficient (Wildman–Crippen LogP) is 3.51. The standard InChI is InChI=1S/C18H25N3O/c1-7-16(18(22)20(5)6)21-11-14(4)17(19-21)15-10-12(2)8-9-13(15)3/h8-11,16H,7H2,1-6H3. The van der Waals surface area contributed by atoms with E-state index in [-0.39, 0.29) is 11.9 Å². The minimum absolute atomic E-state index is 0.0810. The molecule has 1 atom stereocenters. The number of likely N-dealkylation sites (N-methyl/N-ethyl adjacent to an activating group) is 1. The number of aryl methyl sites for hydroxylation is 3. The first-order chi connectivity index (χ1) is 10.3. The number of amides is 1. The van der Waals surface area contributed by atoms with Gasteiger partial charge >= 0.3 is 0 Å². The maximum absolute atomic E-state index is 12.3. The Kier molecular flexibility index (Phi) is 4.69. The van der Waals surface area contributed by atoms with Gasteiger partial charge in [-0.3, -0.25) is 9.48 Å². The van der Waals surface area contributed by atoms with Crippen LogP contribution in [-0.2, 0) is 4.79 Å². The van der Waals surface area contributed by atoms with Gasteiger partial charge in [0, 0.05) is 25.9 Å². The maximum atomic E-state index is 12.3. The number of hydrogen-bond acceptors (Lipinski definition) is 2. The summed E-state index contributed by atoms with van der Waals surface area (Å²) < 4.78 is 1.81. The van der Waals surface area contributed by atoms with Gasteiger partial charge in [-0.2, -0.15) is 5.10 Å². The zero-order valence-electron chi connectivity index (χ0n) is 14.3. The molecule has 2 aromatic rings. The average molecular weight is 299 g/mol. The minimum Gasteiger partial charge on any atom is -0.347 e. The van der Waals surface area contributed by atoms with Crippen LogP contribution in [0.1, 0.15) is 36.1 Å². The number of rotatable bonds is 4. The fraction of sp³-hybridized carbons (Fsp3) is 0.444. The molecule has 1 heterocycles. The Labute approximate surface area is 132 Å². The Balaban J connectivity index is 2.47. The van der Waals surface area contributed by atoms with Gasteiger partial charge in [-0.15, -0.1) is 0 Å². The third-order valence-electron chi connectivity index (χ3n) is 3.99. The molecule has 0 saturated heterocycles. The van der Waals surface area contributed by atoms with Crippen LogP contribution in [-0.4, -0.2) is 34.7 Å². The molecule has 0 bridgehead atoms. The van der Waals surface area contributed by atoms with Crippen molar-refractivity contribution in [2.24, 2.45) is 0 Å². The molecule has 118 valence electrons. The van der Waals surface area contributed by atoms with E-state index in [0.717, 1.165) is 23.2 Å². The molecule has 1 aromatic carbocycles. The molecule has 0 radical (unpaired) electrons. The summed E-state index contributed by atoms with van der Waals surface area (Å²) in [5.41, 5.74) is 5.62. The van der Waals surface area contributed by atoms with Crippen LogP contribution in [0.5, 0.6) is 0 Å². The van der Waals surface area contributed by atoms with E-state index in [1.807, 2.05) is 24.7 Å². The highest BCUT2D eigenvalue weighted by Crippen LogP contribution is 2.27. The summed E-state index contributed by atoms with van der Waals surface area (Å²) >= 11 is 0. The highest BCUT2D eigenvalue weighted by Gasteiger charge is 2.22. The van der Waals surface area contributed by atoms with Crippen molar-refractivity contribution in [2.75, 3.05) is 14.1 Å². The second-order valence-corrected chi connectivity index (χ2v) is 6.12.